The third-order valence-electron chi connectivity index (χ3n) is 6.44. The lowest BCUT2D eigenvalue weighted by molar-refractivity contribution is -0.119. The molecule has 5 rings (SSSR count). The fourth-order valence-electron chi connectivity index (χ4n) is 4.67. The van der Waals surface area contributed by atoms with Crippen molar-refractivity contribution in [3.05, 3.63) is 53.6 Å². The summed E-state index contributed by atoms with van der Waals surface area (Å²) in [5.74, 6) is 0.650. The Labute approximate surface area is 186 Å². The summed E-state index contributed by atoms with van der Waals surface area (Å²) in [4.78, 5) is 39.0. The van der Waals surface area contributed by atoms with Crippen molar-refractivity contribution in [3.63, 3.8) is 0 Å². The number of hydrogen-bond acceptors (Lipinski definition) is 5. The lowest BCUT2D eigenvalue weighted by Crippen LogP contribution is -2.36. The maximum atomic E-state index is 12.8. The second kappa shape index (κ2) is 8.74. The maximum Gasteiger partial charge on any atom is 0.261 e. The van der Waals surface area contributed by atoms with Crippen LogP contribution in [-0.4, -0.2) is 41.9 Å². The number of hydrogen-bond donors (Lipinski definition) is 1. The molecule has 0 spiro atoms. The van der Waals surface area contributed by atoms with Crippen molar-refractivity contribution in [2.45, 2.75) is 44.6 Å². The molecule has 0 radical (unpaired) electrons. The summed E-state index contributed by atoms with van der Waals surface area (Å²) in [6, 6.07) is 12.1. The van der Waals surface area contributed by atoms with E-state index >= 15 is 0 Å². The molecule has 1 saturated heterocycles. The molecule has 1 aliphatic carbocycles. The standard InChI is InChI=1S/C25H26N2O5/c28-23(16-4-1-2-5-16)26-17-7-9-18(10-8-17)32-19-11-12-21-22(14-19)25(30)27(24(21)29)15-20-6-3-13-31-20/h7-12,14,16,20H,1-6,13,15H2,(H,26,28). The van der Waals surface area contributed by atoms with Crippen molar-refractivity contribution in [1.29, 1.82) is 0 Å². The van der Waals surface area contributed by atoms with E-state index < -0.39 is 0 Å². The van der Waals surface area contributed by atoms with Gasteiger partial charge in [-0.05, 0) is 68.1 Å². The number of imide groups is 1. The molecule has 7 nitrogen and oxygen atoms in total. The van der Waals surface area contributed by atoms with Gasteiger partial charge in [0.15, 0.2) is 0 Å². The Morgan fingerprint density at radius 1 is 0.938 bits per heavy atom. The Hall–Kier alpha value is -3.19. The summed E-state index contributed by atoms with van der Waals surface area (Å²) in [6.45, 7) is 0.964. The summed E-state index contributed by atoms with van der Waals surface area (Å²) in [7, 11) is 0. The highest BCUT2D eigenvalue weighted by Crippen LogP contribution is 2.31. The van der Waals surface area contributed by atoms with Gasteiger partial charge < -0.3 is 14.8 Å². The first-order chi connectivity index (χ1) is 15.6. The Balaban J connectivity index is 1.24. The number of ether oxygens (including phenoxy) is 2. The molecule has 7 heteroatoms. The van der Waals surface area contributed by atoms with Crippen LogP contribution in [0.4, 0.5) is 5.69 Å². The van der Waals surface area contributed by atoms with Gasteiger partial charge >= 0.3 is 0 Å². The molecular weight excluding hydrogens is 408 g/mol. The Bertz CT molecular complexity index is 1040. The van der Waals surface area contributed by atoms with Crippen LogP contribution in [0.2, 0.25) is 0 Å². The number of benzene rings is 2. The fraction of sp³-hybridized carbons (Fsp3) is 0.400. The highest BCUT2D eigenvalue weighted by atomic mass is 16.5. The van der Waals surface area contributed by atoms with Crippen molar-refractivity contribution in [2.75, 3.05) is 18.5 Å². The average molecular weight is 434 g/mol. The first kappa shape index (κ1) is 20.7. The molecule has 1 N–H and O–H groups in total. The fourth-order valence-corrected chi connectivity index (χ4v) is 4.67. The molecule has 2 heterocycles. The smallest absolute Gasteiger partial charge is 0.261 e. The molecule has 0 bridgehead atoms. The minimum atomic E-state index is -0.309. The topological polar surface area (TPSA) is 84.9 Å². The van der Waals surface area contributed by atoms with E-state index in [4.69, 9.17) is 9.47 Å². The second-order valence-electron chi connectivity index (χ2n) is 8.66. The van der Waals surface area contributed by atoms with Gasteiger partial charge in [0.1, 0.15) is 11.5 Å². The zero-order chi connectivity index (χ0) is 22.1. The van der Waals surface area contributed by atoms with Gasteiger partial charge in [0.25, 0.3) is 11.8 Å². The largest absolute Gasteiger partial charge is 0.457 e. The van der Waals surface area contributed by atoms with Gasteiger partial charge in [0.2, 0.25) is 5.91 Å². The van der Waals surface area contributed by atoms with Crippen LogP contribution < -0.4 is 10.1 Å². The number of nitrogens with one attached hydrogen (secondary N) is 1. The molecule has 3 aliphatic rings. The van der Waals surface area contributed by atoms with Crippen molar-refractivity contribution in [2.24, 2.45) is 5.92 Å². The summed E-state index contributed by atoms with van der Waals surface area (Å²) in [5, 5.41) is 2.96. The van der Waals surface area contributed by atoms with E-state index in [-0.39, 0.29) is 36.3 Å². The molecule has 2 aromatic carbocycles. The van der Waals surface area contributed by atoms with E-state index in [2.05, 4.69) is 5.32 Å². The number of nitrogens with zero attached hydrogens (tertiary/aromatic N) is 1. The van der Waals surface area contributed by atoms with Crippen LogP contribution in [0.25, 0.3) is 0 Å². The van der Waals surface area contributed by atoms with Gasteiger partial charge in [-0.3, -0.25) is 19.3 Å². The van der Waals surface area contributed by atoms with Crippen LogP contribution in [0.5, 0.6) is 11.5 Å². The minimum absolute atomic E-state index is 0.0746. The average Bonchev–Trinajstić information content (AvgIpc) is 3.55. The predicted molar refractivity (Wildman–Crippen MR) is 118 cm³/mol. The SMILES string of the molecule is O=C(Nc1ccc(Oc2ccc3c(c2)C(=O)N(CC2CCCO2)C3=O)cc1)C1CCCC1. The molecular formula is C25H26N2O5. The Kier molecular flexibility index (Phi) is 5.66. The van der Waals surface area contributed by atoms with Gasteiger partial charge in [0, 0.05) is 18.2 Å². The first-order valence-corrected chi connectivity index (χ1v) is 11.3. The van der Waals surface area contributed by atoms with Crippen LogP contribution in [0.3, 0.4) is 0 Å². The minimum Gasteiger partial charge on any atom is -0.457 e. The summed E-state index contributed by atoms with van der Waals surface area (Å²) < 4.78 is 11.5. The normalized spacial score (nSPS) is 20.6. The molecule has 2 fully saturated rings. The molecule has 2 aliphatic heterocycles. The first-order valence-electron chi connectivity index (χ1n) is 11.3. The summed E-state index contributed by atoms with van der Waals surface area (Å²) in [5.41, 5.74) is 1.48. The van der Waals surface area contributed by atoms with E-state index in [0.717, 1.165) is 44.2 Å². The van der Waals surface area contributed by atoms with E-state index in [9.17, 15) is 14.4 Å². The van der Waals surface area contributed by atoms with Crippen LogP contribution in [0, 0.1) is 5.92 Å². The van der Waals surface area contributed by atoms with Gasteiger partial charge in [0.05, 0.1) is 23.8 Å². The molecule has 0 aromatic heterocycles. The van der Waals surface area contributed by atoms with Gasteiger partial charge in [-0.1, -0.05) is 12.8 Å². The van der Waals surface area contributed by atoms with E-state index in [1.54, 1.807) is 42.5 Å². The number of rotatable bonds is 6. The molecule has 1 saturated carbocycles. The number of carbonyl (C=O) groups excluding carboxylic acids is 3. The molecule has 166 valence electrons. The van der Waals surface area contributed by atoms with E-state index in [0.29, 0.717) is 29.2 Å². The van der Waals surface area contributed by atoms with E-state index in [1.807, 2.05) is 0 Å². The van der Waals surface area contributed by atoms with Gasteiger partial charge in [-0.15, -0.1) is 0 Å². The predicted octanol–water partition coefficient (Wildman–Crippen LogP) is 4.38. The number of amides is 3. The number of anilines is 1. The van der Waals surface area contributed by atoms with Crippen LogP contribution in [0.15, 0.2) is 42.5 Å². The third kappa shape index (κ3) is 4.12. The van der Waals surface area contributed by atoms with Crippen molar-refractivity contribution >= 4 is 23.4 Å². The second-order valence-corrected chi connectivity index (χ2v) is 8.66. The number of carbonyl (C=O) groups is 3. The molecule has 1 atom stereocenters. The lowest BCUT2D eigenvalue weighted by Gasteiger charge is -2.17. The summed E-state index contributed by atoms with van der Waals surface area (Å²) >= 11 is 0. The highest BCUT2D eigenvalue weighted by molar-refractivity contribution is 6.21. The molecule has 1 unspecified atom stereocenters. The van der Waals surface area contributed by atoms with Crippen molar-refractivity contribution < 1.29 is 23.9 Å². The summed E-state index contributed by atoms with van der Waals surface area (Å²) in [6.07, 6.45) is 5.88. The van der Waals surface area contributed by atoms with Crippen molar-refractivity contribution in [1.82, 2.24) is 4.90 Å². The van der Waals surface area contributed by atoms with E-state index in [1.165, 1.54) is 4.90 Å². The third-order valence-corrected chi connectivity index (χ3v) is 6.44. The maximum absolute atomic E-state index is 12.8. The highest BCUT2D eigenvalue weighted by Gasteiger charge is 2.37. The zero-order valence-electron chi connectivity index (χ0n) is 17.8. The Morgan fingerprint density at radius 3 is 2.38 bits per heavy atom. The van der Waals surface area contributed by atoms with Gasteiger partial charge in [-0.25, -0.2) is 0 Å². The Morgan fingerprint density at radius 2 is 1.66 bits per heavy atom. The van der Waals surface area contributed by atoms with Crippen LogP contribution in [-0.2, 0) is 9.53 Å². The monoisotopic (exact) mass is 434 g/mol. The van der Waals surface area contributed by atoms with Crippen molar-refractivity contribution in [3.8, 4) is 11.5 Å². The van der Waals surface area contributed by atoms with Crippen LogP contribution in [0.1, 0.15) is 59.2 Å². The molecule has 3 amide bonds. The quantitative estimate of drug-likeness (QED) is 0.682. The molecule has 32 heavy (non-hydrogen) atoms. The molecule has 2 aromatic rings. The number of fused-ring (bicyclic) bond motifs is 1. The van der Waals surface area contributed by atoms with Gasteiger partial charge in [-0.2, -0.15) is 0 Å². The lowest BCUT2D eigenvalue weighted by atomic mass is 10.1. The van der Waals surface area contributed by atoms with Crippen LogP contribution >= 0.6 is 0 Å². The zero-order valence-corrected chi connectivity index (χ0v) is 17.8.